The zero-order valence-corrected chi connectivity index (χ0v) is 22.7. The van der Waals surface area contributed by atoms with Crippen molar-refractivity contribution in [2.45, 2.75) is 24.0 Å². The van der Waals surface area contributed by atoms with Crippen LogP contribution in [0.25, 0.3) is 0 Å². The maximum atomic E-state index is 13.5. The molecule has 1 atom stereocenters. The molecule has 0 aliphatic rings. The predicted molar refractivity (Wildman–Crippen MR) is 144 cm³/mol. The predicted octanol–water partition coefficient (Wildman–Crippen LogP) is 4.44. The molecule has 1 unspecified atom stereocenters. The highest BCUT2D eigenvalue weighted by molar-refractivity contribution is 8.32. The zero-order valence-electron chi connectivity index (χ0n) is 21.9. The molecule has 9 nitrogen and oxygen atoms in total. The minimum atomic E-state index is -0.968. The Kier molecular flexibility index (Phi) is 9.73. The van der Waals surface area contributed by atoms with Gasteiger partial charge in [-0.3, -0.25) is 9.59 Å². The molecule has 200 valence electrons. The van der Waals surface area contributed by atoms with E-state index in [1.165, 1.54) is 16.8 Å². The fourth-order valence-corrected chi connectivity index (χ4v) is 4.61. The summed E-state index contributed by atoms with van der Waals surface area (Å²) in [5, 5.41) is 15.8. The summed E-state index contributed by atoms with van der Waals surface area (Å²) in [7, 11) is 2.26. The van der Waals surface area contributed by atoms with E-state index in [1.807, 2.05) is 36.4 Å². The van der Waals surface area contributed by atoms with E-state index >= 15 is 0 Å². The van der Waals surface area contributed by atoms with Gasteiger partial charge >= 0.3 is 0 Å². The summed E-state index contributed by atoms with van der Waals surface area (Å²) in [5.41, 5.74) is 2.17. The lowest BCUT2D eigenvalue weighted by molar-refractivity contribution is -0.120. The molecular formula is C27H35N3O6S. The summed E-state index contributed by atoms with van der Waals surface area (Å²) < 4.78 is 15.6. The van der Waals surface area contributed by atoms with Crippen molar-refractivity contribution in [3.05, 3.63) is 71.5 Å². The molecule has 0 saturated heterocycles. The van der Waals surface area contributed by atoms with Gasteiger partial charge in [-0.2, -0.15) is 0 Å². The molecular weight excluding hydrogens is 494 g/mol. The van der Waals surface area contributed by atoms with Crippen LogP contribution < -0.4 is 5.32 Å². The van der Waals surface area contributed by atoms with Crippen molar-refractivity contribution >= 4 is 27.5 Å². The van der Waals surface area contributed by atoms with Crippen molar-refractivity contribution in [2.24, 2.45) is 0 Å². The second-order valence-corrected chi connectivity index (χ2v) is 13.5. The third-order valence-corrected chi connectivity index (χ3v) is 7.38. The van der Waals surface area contributed by atoms with Gasteiger partial charge in [0.25, 0.3) is 17.7 Å². The lowest BCUT2D eigenvalue weighted by Gasteiger charge is -2.28. The molecule has 2 aromatic carbocycles. The fraction of sp³-hybridized carbons (Fsp3) is 0.370. The number of rotatable bonds is 12. The van der Waals surface area contributed by atoms with Crippen molar-refractivity contribution in [1.82, 2.24) is 10.1 Å². The Balaban J connectivity index is 1.81. The van der Waals surface area contributed by atoms with Gasteiger partial charge in [-0.15, -0.1) is 0 Å². The molecule has 37 heavy (non-hydrogen) atoms. The molecule has 0 radical (unpaired) electrons. The number of aromatic hydroxyl groups is 1. The number of hydrogen-bond donors (Lipinski definition) is 2. The van der Waals surface area contributed by atoms with Crippen molar-refractivity contribution in [3.8, 4) is 5.88 Å². The number of aromatic nitrogens is 1. The van der Waals surface area contributed by atoms with Gasteiger partial charge < -0.3 is 29.3 Å². The summed E-state index contributed by atoms with van der Waals surface area (Å²) in [6, 6.07) is 15.2. The molecule has 0 saturated carbocycles. The Morgan fingerprint density at radius 3 is 2.32 bits per heavy atom. The molecule has 3 rings (SSSR count). The number of nitrogens with one attached hydrogen (secondary N) is 1. The van der Waals surface area contributed by atoms with Gasteiger partial charge in [0.15, 0.2) is 0 Å². The fourth-order valence-electron chi connectivity index (χ4n) is 3.66. The molecule has 0 fully saturated rings. The lowest BCUT2D eigenvalue weighted by Crippen LogP contribution is -2.38. The van der Waals surface area contributed by atoms with E-state index in [0.29, 0.717) is 31.1 Å². The number of anilines is 1. The monoisotopic (exact) mass is 529 g/mol. The van der Waals surface area contributed by atoms with Crippen LogP contribution in [-0.2, 0) is 20.9 Å². The quantitative estimate of drug-likeness (QED) is 0.334. The Hall–Kier alpha value is -3.34. The Morgan fingerprint density at radius 2 is 1.76 bits per heavy atom. The van der Waals surface area contributed by atoms with E-state index in [2.05, 4.69) is 29.2 Å². The number of benzene rings is 2. The van der Waals surface area contributed by atoms with E-state index in [9.17, 15) is 14.7 Å². The molecule has 0 aliphatic heterocycles. The third kappa shape index (κ3) is 7.82. The van der Waals surface area contributed by atoms with Gasteiger partial charge in [0, 0.05) is 33.1 Å². The van der Waals surface area contributed by atoms with Gasteiger partial charge in [-0.25, -0.2) is 10.0 Å². The summed E-state index contributed by atoms with van der Waals surface area (Å²) in [6.45, 7) is 1.64. The number of nitrogens with zero attached hydrogens (tertiary/aromatic N) is 2. The first-order chi connectivity index (χ1) is 17.6. The molecule has 3 aromatic rings. The van der Waals surface area contributed by atoms with Crippen LogP contribution in [0.5, 0.6) is 5.88 Å². The highest BCUT2D eigenvalue weighted by Crippen LogP contribution is 2.45. The first-order valence-corrected chi connectivity index (χ1v) is 14.6. The summed E-state index contributed by atoms with van der Waals surface area (Å²) in [6.07, 6.45) is 7.41. The average Bonchev–Trinajstić information content (AvgIpc) is 3.30. The second kappa shape index (κ2) is 12.8. The lowest BCUT2D eigenvalue weighted by atomic mass is 10.0. The first-order valence-electron chi connectivity index (χ1n) is 11.8. The van der Waals surface area contributed by atoms with Crippen LogP contribution >= 0.6 is 10.0 Å². The number of hydrogen-bond acceptors (Lipinski definition) is 7. The van der Waals surface area contributed by atoms with Crippen LogP contribution in [0.15, 0.2) is 64.0 Å². The number of carbonyl (C=O) groups is 2. The molecule has 0 aliphatic carbocycles. The van der Waals surface area contributed by atoms with Crippen LogP contribution in [-0.4, -0.2) is 73.1 Å². The van der Waals surface area contributed by atoms with E-state index in [0.717, 1.165) is 18.1 Å². The first kappa shape index (κ1) is 28.2. The second-order valence-electron chi connectivity index (χ2n) is 9.36. The van der Waals surface area contributed by atoms with Gasteiger partial charge in [0.1, 0.15) is 6.04 Å². The molecule has 0 bridgehead atoms. The van der Waals surface area contributed by atoms with Crippen LogP contribution in [0.1, 0.15) is 34.1 Å². The SMILES string of the molecule is COCCCOCc1ccc(C(C(=O)Nc2ccc(S(C)(C)C)cc2)N(C)C(=O)c2cc(O)no2)cc1. The normalized spacial score (nSPS) is 12.7. The molecule has 2 amide bonds. The van der Waals surface area contributed by atoms with E-state index in [-0.39, 0.29) is 11.7 Å². The van der Waals surface area contributed by atoms with Gasteiger partial charge in [0.05, 0.1) is 12.7 Å². The summed E-state index contributed by atoms with van der Waals surface area (Å²) >= 11 is 0. The van der Waals surface area contributed by atoms with Crippen LogP contribution in [0.2, 0.25) is 0 Å². The van der Waals surface area contributed by atoms with E-state index in [4.69, 9.17) is 14.0 Å². The van der Waals surface area contributed by atoms with E-state index < -0.39 is 27.9 Å². The highest BCUT2D eigenvalue weighted by atomic mass is 32.3. The number of carbonyl (C=O) groups excluding carboxylic acids is 2. The topological polar surface area (TPSA) is 114 Å². The van der Waals surface area contributed by atoms with Crippen molar-refractivity contribution in [2.75, 3.05) is 51.5 Å². The third-order valence-electron chi connectivity index (χ3n) is 5.69. The number of ether oxygens (including phenoxy) is 2. The molecule has 10 heteroatoms. The van der Waals surface area contributed by atoms with Crippen LogP contribution in [0.4, 0.5) is 5.69 Å². The van der Waals surface area contributed by atoms with Gasteiger partial charge in [-0.05, 0) is 70.6 Å². The van der Waals surface area contributed by atoms with Gasteiger partial charge in [0.2, 0.25) is 5.76 Å². The molecule has 1 aromatic heterocycles. The Morgan fingerprint density at radius 1 is 1.08 bits per heavy atom. The number of amides is 2. The molecule has 0 spiro atoms. The minimum absolute atomic E-state index is 0.170. The molecule has 1 heterocycles. The standard InChI is InChI=1S/C27H35N3O6S/c1-30(27(33)23-17-24(31)29-36-23)25(20-9-7-19(8-10-20)18-35-16-6-15-34-2)26(32)28-21-11-13-22(14-12-21)37(3,4)5/h7-14,17,25H,6,15-16,18H2,1-5H3,(H,28,32)(H,29,31). The summed E-state index contributed by atoms with van der Waals surface area (Å²) in [4.78, 5) is 29.0. The smallest absolute Gasteiger partial charge is 0.293 e. The Bertz CT molecular complexity index is 1170. The van der Waals surface area contributed by atoms with Crippen molar-refractivity contribution in [3.63, 3.8) is 0 Å². The summed E-state index contributed by atoms with van der Waals surface area (Å²) in [5.74, 6) is -1.56. The van der Waals surface area contributed by atoms with Gasteiger partial charge in [-0.1, -0.05) is 24.3 Å². The number of likely N-dealkylation sites (N-methyl/N-ethyl adjacent to an activating group) is 1. The largest absolute Gasteiger partial charge is 0.491 e. The number of methoxy groups -OCH3 is 1. The maximum Gasteiger partial charge on any atom is 0.293 e. The van der Waals surface area contributed by atoms with Crippen LogP contribution in [0.3, 0.4) is 0 Å². The van der Waals surface area contributed by atoms with Crippen molar-refractivity contribution in [1.29, 1.82) is 0 Å². The Labute approximate surface area is 219 Å². The zero-order chi connectivity index (χ0) is 27.0. The highest BCUT2D eigenvalue weighted by Gasteiger charge is 2.31. The van der Waals surface area contributed by atoms with Crippen LogP contribution in [0, 0.1) is 0 Å². The van der Waals surface area contributed by atoms with E-state index in [1.54, 1.807) is 19.2 Å². The minimum Gasteiger partial charge on any atom is -0.491 e. The molecule has 2 N–H and O–H groups in total. The average molecular weight is 530 g/mol. The maximum absolute atomic E-state index is 13.5. The van der Waals surface area contributed by atoms with Crippen molar-refractivity contribution < 1.29 is 28.7 Å².